The van der Waals surface area contributed by atoms with Gasteiger partial charge in [-0.1, -0.05) is 36.0 Å². The molecular formula is C26H30FN5O2S. The van der Waals surface area contributed by atoms with E-state index in [0.717, 1.165) is 57.7 Å². The van der Waals surface area contributed by atoms with Crippen molar-refractivity contribution in [2.75, 3.05) is 38.6 Å². The number of amides is 1. The highest BCUT2D eigenvalue weighted by Crippen LogP contribution is 2.30. The van der Waals surface area contributed by atoms with Crippen molar-refractivity contribution < 1.29 is 13.9 Å². The number of halogens is 1. The minimum atomic E-state index is -0.288. The summed E-state index contributed by atoms with van der Waals surface area (Å²) in [6, 6.07) is 14.7. The van der Waals surface area contributed by atoms with Crippen LogP contribution < -0.4 is 5.32 Å². The van der Waals surface area contributed by atoms with Crippen LogP contribution in [-0.4, -0.2) is 64.2 Å². The first-order valence-electron chi connectivity index (χ1n) is 12.2. The minimum Gasteiger partial charge on any atom is -0.379 e. The van der Waals surface area contributed by atoms with Crippen LogP contribution in [0.5, 0.6) is 0 Å². The third-order valence-corrected chi connectivity index (χ3v) is 7.57. The molecule has 5 rings (SSSR count). The zero-order chi connectivity index (χ0) is 24.0. The third kappa shape index (κ3) is 5.91. The summed E-state index contributed by atoms with van der Waals surface area (Å²) in [6.45, 7) is 4.76. The molecule has 35 heavy (non-hydrogen) atoms. The van der Waals surface area contributed by atoms with Crippen molar-refractivity contribution in [3.05, 3.63) is 65.5 Å². The fourth-order valence-electron chi connectivity index (χ4n) is 4.75. The lowest BCUT2D eigenvalue weighted by Crippen LogP contribution is -2.38. The van der Waals surface area contributed by atoms with Crippen LogP contribution >= 0.6 is 11.8 Å². The molecule has 9 heteroatoms. The molecule has 184 valence electrons. The molecule has 2 heterocycles. The molecule has 0 bridgehead atoms. The van der Waals surface area contributed by atoms with Gasteiger partial charge in [0.25, 0.3) is 0 Å². The summed E-state index contributed by atoms with van der Waals surface area (Å²) < 4.78 is 21.0. The number of aryl methyl sites for hydroxylation is 1. The molecule has 0 spiro atoms. The molecule has 1 aliphatic heterocycles. The summed E-state index contributed by atoms with van der Waals surface area (Å²) in [5.74, 6) is 0.645. The number of carbonyl (C=O) groups is 1. The van der Waals surface area contributed by atoms with Gasteiger partial charge in [0.2, 0.25) is 5.91 Å². The second-order valence-electron chi connectivity index (χ2n) is 8.92. The molecule has 7 nitrogen and oxygen atoms in total. The number of morpholine rings is 1. The van der Waals surface area contributed by atoms with Gasteiger partial charge >= 0.3 is 0 Å². The second kappa shape index (κ2) is 11.3. The highest BCUT2D eigenvalue weighted by molar-refractivity contribution is 7.99. The highest BCUT2D eigenvalue weighted by atomic mass is 32.2. The largest absolute Gasteiger partial charge is 0.379 e. The van der Waals surface area contributed by atoms with E-state index in [2.05, 4.69) is 38.6 Å². The van der Waals surface area contributed by atoms with Crippen LogP contribution in [0.25, 0.3) is 11.4 Å². The van der Waals surface area contributed by atoms with Gasteiger partial charge < -0.3 is 14.6 Å². The molecule has 1 atom stereocenters. The molecule has 1 aromatic heterocycles. The molecule has 2 aromatic carbocycles. The average molecular weight is 496 g/mol. The van der Waals surface area contributed by atoms with Crippen LogP contribution in [0.4, 0.5) is 4.39 Å². The van der Waals surface area contributed by atoms with Gasteiger partial charge in [0, 0.05) is 31.7 Å². The van der Waals surface area contributed by atoms with Gasteiger partial charge in [-0.15, -0.1) is 10.2 Å². The molecule has 1 aliphatic carbocycles. The molecule has 3 aromatic rings. The van der Waals surface area contributed by atoms with Crippen molar-refractivity contribution in [3.63, 3.8) is 0 Å². The van der Waals surface area contributed by atoms with Gasteiger partial charge in [-0.2, -0.15) is 0 Å². The van der Waals surface area contributed by atoms with Gasteiger partial charge in [0.15, 0.2) is 11.0 Å². The number of nitrogens with zero attached hydrogens (tertiary/aromatic N) is 4. The Morgan fingerprint density at radius 1 is 1.09 bits per heavy atom. The molecule has 0 radical (unpaired) electrons. The van der Waals surface area contributed by atoms with Crippen molar-refractivity contribution in [1.29, 1.82) is 0 Å². The fourth-order valence-corrected chi connectivity index (χ4v) is 5.52. The Kier molecular flexibility index (Phi) is 7.75. The van der Waals surface area contributed by atoms with E-state index >= 15 is 0 Å². The Morgan fingerprint density at radius 3 is 2.71 bits per heavy atom. The number of benzene rings is 2. The van der Waals surface area contributed by atoms with Crippen molar-refractivity contribution in [3.8, 4) is 11.4 Å². The van der Waals surface area contributed by atoms with Gasteiger partial charge in [0.05, 0.1) is 25.0 Å². The summed E-state index contributed by atoms with van der Waals surface area (Å²) in [5.41, 5.74) is 3.35. The van der Waals surface area contributed by atoms with E-state index in [0.29, 0.717) is 17.5 Å². The smallest absolute Gasteiger partial charge is 0.230 e. The summed E-state index contributed by atoms with van der Waals surface area (Å²) in [5, 5.41) is 12.7. The Morgan fingerprint density at radius 2 is 1.89 bits per heavy atom. The summed E-state index contributed by atoms with van der Waals surface area (Å²) in [6.07, 6.45) is 3.10. The van der Waals surface area contributed by atoms with E-state index in [1.807, 2.05) is 10.6 Å². The van der Waals surface area contributed by atoms with E-state index in [1.54, 1.807) is 12.1 Å². The first-order valence-corrected chi connectivity index (χ1v) is 13.1. The standard InChI is InChI=1S/C26H30FN5O2S/c27-21-10-8-20(9-11-21)25-29-30-26(32(25)13-12-31-14-16-34-17-15-31)35-18-24(33)28-23-7-3-5-19-4-1-2-6-22(19)23/h1-2,4,6,8-11,23H,3,5,7,12-18H2,(H,28,33). The fraction of sp³-hybridized carbons (Fsp3) is 0.423. The Hall–Kier alpha value is -2.75. The normalized spacial score (nSPS) is 18.3. The second-order valence-corrected chi connectivity index (χ2v) is 9.86. The maximum absolute atomic E-state index is 13.5. The lowest BCUT2D eigenvalue weighted by molar-refractivity contribution is -0.119. The van der Waals surface area contributed by atoms with Gasteiger partial charge in [-0.3, -0.25) is 9.69 Å². The van der Waals surface area contributed by atoms with Crippen LogP contribution in [0.2, 0.25) is 0 Å². The van der Waals surface area contributed by atoms with E-state index < -0.39 is 0 Å². The number of fused-ring (bicyclic) bond motifs is 1. The van der Waals surface area contributed by atoms with Crippen LogP contribution in [0.3, 0.4) is 0 Å². The molecule has 1 unspecified atom stereocenters. The predicted molar refractivity (Wildman–Crippen MR) is 134 cm³/mol. The topological polar surface area (TPSA) is 72.3 Å². The number of thioether (sulfide) groups is 1. The maximum Gasteiger partial charge on any atom is 0.230 e. The van der Waals surface area contributed by atoms with E-state index in [1.165, 1.54) is 35.0 Å². The maximum atomic E-state index is 13.5. The van der Waals surface area contributed by atoms with E-state index in [-0.39, 0.29) is 23.5 Å². The zero-order valence-corrected chi connectivity index (χ0v) is 20.5. The average Bonchev–Trinajstić information content (AvgIpc) is 3.30. The number of rotatable bonds is 8. The number of hydrogen-bond acceptors (Lipinski definition) is 6. The van der Waals surface area contributed by atoms with Crippen molar-refractivity contribution in [2.24, 2.45) is 0 Å². The van der Waals surface area contributed by atoms with Gasteiger partial charge in [-0.25, -0.2) is 4.39 Å². The first-order chi connectivity index (χ1) is 17.2. The van der Waals surface area contributed by atoms with Gasteiger partial charge in [-0.05, 0) is 54.7 Å². The van der Waals surface area contributed by atoms with Crippen LogP contribution in [0, 0.1) is 5.82 Å². The number of carbonyl (C=O) groups excluding carboxylic acids is 1. The number of ether oxygens (including phenoxy) is 1. The molecule has 2 aliphatic rings. The zero-order valence-electron chi connectivity index (χ0n) is 19.7. The minimum absolute atomic E-state index is 0.0113. The monoisotopic (exact) mass is 495 g/mol. The molecule has 0 saturated carbocycles. The Balaban J connectivity index is 1.27. The third-order valence-electron chi connectivity index (χ3n) is 6.60. The number of aromatic nitrogens is 3. The molecule has 1 fully saturated rings. The Labute approximate surface area is 209 Å². The molecule has 1 amide bonds. The van der Waals surface area contributed by atoms with Crippen molar-refractivity contribution in [2.45, 2.75) is 37.0 Å². The molecular weight excluding hydrogens is 465 g/mol. The van der Waals surface area contributed by atoms with E-state index in [4.69, 9.17) is 4.74 Å². The summed E-state index contributed by atoms with van der Waals surface area (Å²) >= 11 is 1.39. The lowest BCUT2D eigenvalue weighted by atomic mass is 9.88. The number of hydrogen-bond donors (Lipinski definition) is 1. The van der Waals surface area contributed by atoms with Crippen molar-refractivity contribution >= 4 is 17.7 Å². The highest BCUT2D eigenvalue weighted by Gasteiger charge is 2.22. The number of nitrogens with one attached hydrogen (secondary N) is 1. The summed E-state index contributed by atoms with van der Waals surface area (Å²) in [4.78, 5) is 15.2. The summed E-state index contributed by atoms with van der Waals surface area (Å²) in [7, 11) is 0. The SMILES string of the molecule is O=C(CSc1nnc(-c2ccc(F)cc2)n1CCN1CCOCC1)NC1CCCc2ccccc21. The van der Waals surface area contributed by atoms with Crippen LogP contribution in [0.1, 0.15) is 30.0 Å². The van der Waals surface area contributed by atoms with Gasteiger partial charge in [0.1, 0.15) is 5.82 Å². The first kappa shape index (κ1) is 24.0. The Bertz CT molecular complexity index is 1150. The predicted octanol–water partition coefficient (Wildman–Crippen LogP) is 3.70. The molecule has 1 N–H and O–H groups in total. The lowest BCUT2D eigenvalue weighted by Gasteiger charge is -2.27. The van der Waals surface area contributed by atoms with Crippen molar-refractivity contribution in [1.82, 2.24) is 25.0 Å². The van der Waals surface area contributed by atoms with Crippen LogP contribution in [0.15, 0.2) is 53.7 Å². The quantitative estimate of drug-likeness (QED) is 0.481. The van der Waals surface area contributed by atoms with Crippen LogP contribution in [-0.2, 0) is 22.5 Å². The van der Waals surface area contributed by atoms with E-state index in [9.17, 15) is 9.18 Å². The molecule has 1 saturated heterocycles.